The summed E-state index contributed by atoms with van der Waals surface area (Å²) in [6.45, 7) is 4.41. The predicted octanol–water partition coefficient (Wildman–Crippen LogP) is 2.87. The van der Waals surface area contributed by atoms with Gasteiger partial charge in [0.15, 0.2) is 5.96 Å². The summed E-state index contributed by atoms with van der Waals surface area (Å²) in [7, 11) is 1.86. The lowest BCUT2D eigenvalue weighted by atomic mass is 9.83. The molecule has 1 aliphatic carbocycles. The molecule has 0 aromatic carbocycles. The van der Waals surface area contributed by atoms with E-state index in [1.165, 1.54) is 44.3 Å². The first kappa shape index (κ1) is 15.7. The molecule has 0 radical (unpaired) electrons. The van der Waals surface area contributed by atoms with Crippen LogP contribution in [0.15, 0.2) is 4.99 Å². The van der Waals surface area contributed by atoms with Gasteiger partial charge in [-0.15, -0.1) is 0 Å². The number of hydrogen-bond acceptors (Lipinski definition) is 2. The van der Waals surface area contributed by atoms with Gasteiger partial charge in [-0.2, -0.15) is 11.8 Å². The third-order valence-corrected chi connectivity index (χ3v) is 4.78. The van der Waals surface area contributed by atoms with E-state index in [4.69, 9.17) is 0 Å². The van der Waals surface area contributed by atoms with Crippen LogP contribution in [0.2, 0.25) is 0 Å². The highest BCUT2D eigenvalue weighted by molar-refractivity contribution is 7.98. The van der Waals surface area contributed by atoms with Crippen molar-refractivity contribution in [3.05, 3.63) is 0 Å². The maximum atomic E-state index is 4.30. The predicted molar refractivity (Wildman–Crippen MR) is 83.6 cm³/mol. The molecule has 0 amide bonds. The minimum atomic E-state index is 0.525. The molecule has 0 spiro atoms. The zero-order chi connectivity index (χ0) is 13.3. The minimum Gasteiger partial charge on any atom is -0.356 e. The van der Waals surface area contributed by atoms with Gasteiger partial charge in [0.25, 0.3) is 0 Å². The van der Waals surface area contributed by atoms with E-state index in [2.05, 4.69) is 28.8 Å². The standard InChI is InChI=1S/C14H29N3S/c1-4-14(8-5-6-9-14)12-17-13(15-2)16-10-7-11-18-3/h4-12H2,1-3H3,(H2,15,16,17). The second-order valence-electron chi connectivity index (χ2n) is 5.26. The molecular formula is C14H29N3S. The van der Waals surface area contributed by atoms with Crippen LogP contribution in [0.1, 0.15) is 45.4 Å². The van der Waals surface area contributed by atoms with Crippen molar-refractivity contribution >= 4 is 17.7 Å². The summed E-state index contributed by atoms with van der Waals surface area (Å²) in [5.41, 5.74) is 0.525. The number of hydrogen-bond donors (Lipinski definition) is 2. The lowest BCUT2D eigenvalue weighted by Crippen LogP contribution is -2.43. The van der Waals surface area contributed by atoms with Gasteiger partial charge in [0.1, 0.15) is 0 Å². The minimum absolute atomic E-state index is 0.525. The molecule has 1 fully saturated rings. The number of nitrogens with one attached hydrogen (secondary N) is 2. The third-order valence-electron chi connectivity index (χ3n) is 4.09. The quantitative estimate of drug-likeness (QED) is 0.425. The van der Waals surface area contributed by atoms with Gasteiger partial charge >= 0.3 is 0 Å². The van der Waals surface area contributed by atoms with Gasteiger partial charge in [-0.1, -0.05) is 19.8 Å². The molecule has 0 aliphatic heterocycles. The van der Waals surface area contributed by atoms with E-state index in [-0.39, 0.29) is 0 Å². The van der Waals surface area contributed by atoms with Crippen molar-refractivity contribution in [3.63, 3.8) is 0 Å². The Labute approximate surface area is 117 Å². The summed E-state index contributed by atoms with van der Waals surface area (Å²) < 4.78 is 0. The summed E-state index contributed by atoms with van der Waals surface area (Å²) >= 11 is 1.90. The highest BCUT2D eigenvalue weighted by Crippen LogP contribution is 2.40. The molecule has 0 aromatic rings. The summed E-state index contributed by atoms with van der Waals surface area (Å²) in [4.78, 5) is 4.30. The molecule has 0 atom stereocenters. The van der Waals surface area contributed by atoms with Gasteiger partial charge in [0, 0.05) is 20.1 Å². The van der Waals surface area contributed by atoms with Gasteiger partial charge in [-0.25, -0.2) is 0 Å². The monoisotopic (exact) mass is 271 g/mol. The van der Waals surface area contributed by atoms with E-state index in [9.17, 15) is 0 Å². The Kier molecular flexibility index (Phi) is 7.56. The molecule has 1 aliphatic rings. The van der Waals surface area contributed by atoms with Crippen molar-refractivity contribution in [2.75, 3.05) is 32.1 Å². The van der Waals surface area contributed by atoms with Crippen LogP contribution in [0.25, 0.3) is 0 Å². The van der Waals surface area contributed by atoms with Gasteiger partial charge < -0.3 is 10.6 Å². The molecule has 18 heavy (non-hydrogen) atoms. The van der Waals surface area contributed by atoms with E-state index in [1.54, 1.807) is 0 Å². The molecule has 0 heterocycles. The van der Waals surface area contributed by atoms with Crippen LogP contribution in [-0.2, 0) is 0 Å². The SMILES string of the molecule is CCC1(CNC(=NC)NCCCSC)CCCC1. The van der Waals surface area contributed by atoms with E-state index < -0.39 is 0 Å². The van der Waals surface area contributed by atoms with Crippen molar-refractivity contribution in [2.45, 2.75) is 45.4 Å². The Bertz CT molecular complexity index is 247. The van der Waals surface area contributed by atoms with E-state index >= 15 is 0 Å². The highest BCUT2D eigenvalue weighted by Gasteiger charge is 2.31. The van der Waals surface area contributed by atoms with Gasteiger partial charge in [0.2, 0.25) is 0 Å². The largest absolute Gasteiger partial charge is 0.356 e. The molecule has 4 heteroatoms. The maximum absolute atomic E-state index is 4.30. The van der Waals surface area contributed by atoms with Gasteiger partial charge in [-0.3, -0.25) is 4.99 Å². The van der Waals surface area contributed by atoms with Gasteiger partial charge in [0.05, 0.1) is 0 Å². The smallest absolute Gasteiger partial charge is 0.190 e. The molecular weight excluding hydrogens is 242 g/mol. The Morgan fingerprint density at radius 3 is 2.56 bits per heavy atom. The molecule has 106 valence electrons. The van der Waals surface area contributed by atoms with Crippen molar-refractivity contribution < 1.29 is 0 Å². The van der Waals surface area contributed by atoms with Crippen LogP contribution in [0.4, 0.5) is 0 Å². The zero-order valence-electron chi connectivity index (χ0n) is 12.2. The second-order valence-corrected chi connectivity index (χ2v) is 6.25. The number of nitrogens with zero attached hydrogens (tertiary/aromatic N) is 1. The fraction of sp³-hybridized carbons (Fsp3) is 0.929. The lowest BCUT2D eigenvalue weighted by Gasteiger charge is -2.28. The summed E-state index contributed by atoms with van der Waals surface area (Å²) in [5, 5.41) is 6.91. The zero-order valence-corrected chi connectivity index (χ0v) is 13.0. The van der Waals surface area contributed by atoms with Crippen LogP contribution in [-0.4, -0.2) is 38.1 Å². The van der Waals surface area contributed by atoms with Crippen LogP contribution >= 0.6 is 11.8 Å². The fourth-order valence-electron chi connectivity index (χ4n) is 2.70. The topological polar surface area (TPSA) is 36.4 Å². The molecule has 2 N–H and O–H groups in total. The number of thioether (sulfide) groups is 1. The second kappa shape index (κ2) is 8.68. The van der Waals surface area contributed by atoms with Crippen LogP contribution in [0.3, 0.4) is 0 Å². The average Bonchev–Trinajstić information content (AvgIpc) is 2.87. The summed E-state index contributed by atoms with van der Waals surface area (Å²) in [6.07, 6.45) is 10.2. The highest BCUT2D eigenvalue weighted by atomic mass is 32.2. The molecule has 1 rings (SSSR count). The average molecular weight is 271 g/mol. The molecule has 0 saturated heterocycles. The molecule has 0 unspecified atom stereocenters. The summed E-state index contributed by atoms with van der Waals surface area (Å²) in [6, 6.07) is 0. The van der Waals surface area contributed by atoms with E-state index in [0.29, 0.717) is 5.41 Å². The van der Waals surface area contributed by atoms with Crippen LogP contribution in [0.5, 0.6) is 0 Å². The fourth-order valence-corrected chi connectivity index (χ4v) is 3.13. The van der Waals surface area contributed by atoms with Crippen molar-refractivity contribution in [1.29, 1.82) is 0 Å². The molecule has 0 bridgehead atoms. The van der Waals surface area contributed by atoms with E-state index in [0.717, 1.165) is 19.0 Å². The first-order valence-electron chi connectivity index (χ1n) is 7.20. The first-order valence-corrected chi connectivity index (χ1v) is 8.59. The molecule has 1 saturated carbocycles. The number of rotatable bonds is 7. The Balaban J connectivity index is 2.26. The molecule has 3 nitrogen and oxygen atoms in total. The number of aliphatic imine (C=N–C) groups is 1. The van der Waals surface area contributed by atoms with Crippen LogP contribution in [0, 0.1) is 5.41 Å². The van der Waals surface area contributed by atoms with Crippen molar-refractivity contribution in [1.82, 2.24) is 10.6 Å². The van der Waals surface area contributed by atoms with Crippen molar-refractivity contribution in [2.24, 2.45) is 10.4 Å². The normalized spacial score (nSPS) is 18.9. The maximum Gasteiger partial charge on any atom is 0.190 e. The lowest BCUT2D eigenvalue weighted by molar-refractivity contribution is 0.283. The molecule has 0 aromatic heterocycles. The van der Waals surface area contributed by atoms with E-state index in [1.807, 2.05) is 18.8 Å². The summed E-state index contributed by atoms with van der Waals surface area (Å²) in [5.74, 6) is 2.18. The third kappa shape index (κ3) is 5.09. The van der Waals surface area contributed by atoms with Crippen LogP contribution < -0.4 is 10.6 Å². The Morgan fingerprint density at radius 1 is 1.28 bits per heavy atom. The van der Waals surface area contributed by atoms with Gasteiger partial charge in [-0.05, 0) is 43.1 Å². The Morgan fingerprint density at radius 2 is 2.00 bits per heavy atom. The van der Waals surface area contributed by atoms with Crippen molar-refractivity contribution in [3.8, 4) is 0 Å². The Hall–Kier alpha value is -0.380. The number of guanidine groups is 1. The first-order chi connectivity index (χ1) is 8.76.